The van der Waals surface area contributed by atoms with Crippen LogP contribution in [-0.4, -0.2) is 43.7 Å². The van der Waals surface area contributed by atoms with E-state index in [0.29, 0.717) is 18.8 Å². The molecule has 0 saturated heterocycles. The van der Waals surface area contributed by atoms with Crippen molar-refractivity contribution >= 4 is 26.1 Å². The number of carboxylic acid groups (broad SMARTS) is 1. The maximum atomic E-state index is 10.6. The van der Waals surface area contributed by atoms with E-state index >= 15 is 0 Å². The van der Waals surface area contributed by atoms with Gasteiger partial charge in [0.1, 0.15) is 11.5 Å². The summed E-state index contributed by atoms with van der Waals surface area (Å²) < 4.78 is 10.2. The molecule has 0 fully saturated rings. The Labute approximate surface area is 169 Å². The molecule has 2 rings (SSSR count). The highest BCUT2D eigenvalue weighted by Gasteiger charge is 2.16. The van der Waals surface area contributed by atoms with Gasteiger partial charge in [-0.25, -0.2) is 0 Å². The van der Waals surface area contributed by atoms with Crippen LogP contribution in [0.4, 0.5) is 0 Å². The standard InChI is InChI=1S/C9H12O3.C9H14O2.C2H6S.B/c1-2-7(9(10)11)6-8-4-3-5-12-8;1-2-8(7-10)6-9-4-3-5-11-9;1-3-2;/h3-5,7H,2,6H2,1H3,(H,10,11);3-5,8,10H,2,6-7H2,1H3;1-2H3;/t7-;8-;;/m11../s1. The molecule has 2 atom stereocenters. The molecular weight excluding hydrogens is 363 g/mol. The van der Waals surface area contributed by atoms with Crippen LogP contribution in [0.2, 0.25) is 0 Å². The molecule has 0 aliphatic heterocycles. The predicted octanol–water partition coefficient (Wildman–Crippen LogP) is 4.37. The number of hydrogen-bond acceptors (Lipinski definition) is 5. The minimum Gasteiger partial charge on any atom is -0.481 e. The van der Waals surface area contributed by atoms with Gasteiger partial charge in [-0.05, 0) is 49.1 Å². The molecule has 0 spiro atoms. The molecule has 0 aromatic carbocycles. The highest BCUT2D eigenvalue weighted by atomic mass is 32.2. The fourth-order valence-electron chi connectivity index (χ4n) is 2.13. The Balaban J connectivity index is 0. The molecule has 27 heavy (non-hydrogen) atoms. The minimum absolute atomic E-state index is 0. The Bertz CT molecular complexity index is 539. The lowest BCUT2D eigenvalue weighted by Gasteiger charge is -2.07. The summed E-state index contributed by atoms with van der Waals surface area (Å²) in [6.07, 6.45) is 10.3. The lowest BCUT2D eigenvalue weighted by atomic mass is 10.0. The van der Waals surface area contributed by atoms with Gasteiger partial charge >= 0.3 is 5.97 Å². The molecule has 5 nitrogen and oxygen atoms in total. The van der Waals surface area contributed by atoms with Crippen LogP contribution in [0.3, 0.4) is 0 Å². The zero-order valence-electron chi connectivity index (χ0n) is 16.8. The molecule has 3 radical (unpaired) electrons. The van der Waals surface area contributed by atoms with Gasteiger partial charge in [-0.3, -0.25) is 4.79 Å². The number of rotatable bonds is 8. The maximum Gasteiger partial charge on any atom is 0.306 e. The Morgan fingerprint density at radius 3 is 1.81 bits per heavy atom. The first-order valence-electron chi connectivity index (χ1n) is 8.80. The average molecular weight is 395 g/mol. The van der Waals surface area contributed by atoms with E-state index in [4.69, 9.17) is 19.0 Å². The number of aliphatic hydroxyl groups is 1. The van der Waals surface area contributed by atoms with Crippen LogP contribution in [0, 0.1) is 11.8 Å². The highest BCUT2D eigenvalue weighted by molar-refractivity contribution is 7.97. The van der Waals surface area contributed by atoms with Crippen molar-refractivity contribution in [2.75, 3.05) is 19.1 Å². The molecule has 7 heteroatoms. The smallest absolute Gasteiger partial charge is 0.306 e. The third kappa shape index (κ3) is 13.3. The average Bonchev–Trinajstić information content (AvgIpc) is 3.32. The quantitative estimate of drug-likeness (QED) is 0.646. The van der Waals surface area contributed by atoms with Gasteiger partial charge in [0, 0.05) is 27.9 Å². The van der Waals surface area contributed by atoms with Gasteiger partial charge in [-0.1, -0.05) is 20.3 Å². The Morgan fingerprint density at radius 2 is 1.52 bits per heavy atom. The first-order chi connectivity index (χ1) is 12.5. The molecule has 2 N–H and O–H groups in total. The number of aliphatic hydroxyl groups excluding tert-OH is 1. The summed E-state index contributed by atoms with van der Waals surface area (Å²) >= 11 is 1.75. The van der Waals surface area contributed by atoms with Gasteiger partial charge in [-0.15, -0.1) is 0 Å². The summed E-state index contributed by atoms with van der Waals surface area (Å²) in [6.45, 7) is 4.18. The zero-order chi connectivity index (χ0) is 19.8. The normalized spacial score (nSPS) is 11.7. The van der Waals surface area contributed by atoms with Crippen molar-refractivity contribution in [1.82, 2.24) is 0 Å². The topological polar surface area (TPSA) is 83.8 Å². The molecule has 0 aliphatic carbocycles. The van der Waals surface area contributed by atoms with Gasteiger partial charge in [0.2, 0.25) is 0 Å². The molecule has 2 aromatic rings. The van der Waals surface area contributed by atoms with Crippen LogP contribution in [-0.2, 0) is 17.6 Å². The maximum absolute atomic E-state index is 10.6. The van der Waals surface area contributed by atoms with E-state index in [9.17, 15) is 4.79 Å². The summed E-state index contributed by atoms with van der Waals surface area (Å²) in [4.78, 5) is 10.6. The summed E-state index contributed by atoms with van der Waals surface area (Å²) in [5, 5.41) is 17.6. The molecule has 0 unspecified atom stereocenters. The van der Waals surface area contributed by atoms with Gasteiger partial charge in [0.05, 0.1) is 18.4 Å². The van der Waals surface area contributed by atoms with E-state index in [1.165, 1.54) is 0 Å². The second kappa shape index (κ2) is 17.8. The number of carbonyl (C=O) groups is 1. The Kier molecular flexibility index (Phi) is 18.2. The number of aliphatic carboxylic acids is 1. The molecule has 2 aromatic heterocycles. The number of thioether (sulfide) groups is 1. The van der Waals surface area contributed by atoms with Crippen molar-refractivity contribution in [2.24, 2.45) is 11.8 Å². The molecule has 2 heterocycles. The summed E-state index contributed by atoms with van der Waals surface area (Å²) in [6, 6.07) is 7.38. The van der Waals surface area contributed by atoms with E-state index in [1.54, 1.807) is 36.4 Å². The van der Waals surface area contributed by atoms with Crippen LogP contribution >= 0.6 is 11.8 Å². The zero-order valence-corrected chi connectivity index (χ0v) is 17.6. The number of furan rings is 2. The molecular formula is C20H32BO5S. The molecule has 0 amide bonds. The van der Waals surface area contributed by atoms with Crippen molar-refractivity contribution < 1.29 is 23.8 Å². The molecule has 0 aliphatic rings. The molecule has 0 saturated carbocycles. The monoisotopic (exact) mass is 395 g/mol. The van der Waals surface area contributed by atoms with Crippen LogP contribution in [0.1, 0.15) is 38.2 Å². The molecule has 151 valence electrons. The van der Waals surface area contributed by atoms with Gasteiger partial charge in [0.15, 0.2) is 0 Å². The number of carboxylic acids is 1. The van der Waals surface area contributed by atoms with Crippen molar-refractivity contribution in [3.05, 3.63) is 48.3 Å². The first-order valence-corrected chi connectivity index (χ1v) is 10.4. The summed E-state index contributed by atoms with van der Waals surface area (Å²) in [5.41, 5.74) is 0. The Hall–Kier alpha value is -1.60. The van der Waals surface area contributed by atoms with E-state index in [-0.39, 0.29) is 20.9 Å². The second-order valence-corrected chi connectivity index (χ2v) is 6.69. The largest absolute Gasteiger partial charge is 0.481 e. The SMILES string of the molecule is CC[C@@H](CO)Cc1ccco1.CC[C@H](Cc1ccco1)C(=O)O.CSC.[B]. The number of hydrogen-bond donors (Lipinski definition) is 2. The van der Waals surface area contributed by atoms with Crippen molar-refractivity contribution in [2.45, 2.75) is 39.5 Å². The van der Waals surface area contributed by atoms with Crippen molar-refractivity contribution in [1.29, 1.82) is 0 Å². The minimum atomic E-state index is -0.756. The van der Waals surface area contributed by atoms with E-state index in [0.717, 1.165) is 24.4 Å². The fourth-order valence-corrected chi connectivity index (χ4v) is 2.13. The third-order valence-corrected chi connectivity index (χ3v) is 3.78. The van der Waals surface area contributed by atoms with Gasteiger partial charge < -0.3 is 19.0 Å². The predicted molar refractivity (Wildman–Crippen MR) is 112 cm³/mol. The van der Waals surface area contributed by atoms with Crippen LogP contribution in [0.25, 0.3) is 0 Å². The molecule has 0 bridgehead atoms. The lowest BCUT2D eigenvalue weighted by molar-refractivity contribution is -0.141. The van der Waals surface area contributed by atoms with Crippen LogP contribution in [0.15, 0.2) is 45.6 Å². The fraction of sp³-hybridized carbons (Fsp3) is 0.550. The second-order valence-electron chi connectivity index (χ2n) is 5.88. The third-order valence-electron chi connectivity index (χ3n) is 3.78. The summed E-state index contributed by atoms with van der Waals surface area (Å²) in [7, 11) is 0. The van der Waals surface area contributed by atoms with E-state index in [1.807, 2.05) is 31.6 Å². The van der Waals surface area contributed by atoms with Crippen LogP contribution in [0.5, 0.6) is 0 Å². The first kappa shape index (κ1) is 27.6. The highest BCUT2D eigenvalue weighted by Crippen LogP contribution is 2.12. The Morgan fingerprint density at radius 1 is 1.04 bits per heavy atom. The van der Waals surface area contributed by atoms with Crippen LogP contribution < -0.4 is 0 Å². The van der Waals surface area contributed by atoms with Crippen molar-refractivity contribution in [3.63, 3.8) is 0 Å². The van der Waals surface area contributed by atoms with Gasteiger partial charge in [-0.2, -0.15) is 11.8 Å². The van der Waals surface area contributed by atoms with E-state index < -0.39 is 5.97 Å². The van der Waals surface area contributed by atoms with E-state index in [2.05, 4.69) is 6.92 Å². The van der Waals surface area contributed by atoms with Gasteiger partial charge in [0.25, 0.3) is 0 Å². The van der Waals surface area contributed by atoms with Crippen molar-refractivity contribution in [3.8, 4) is 0 Å². The lowest BCUT2D eigenvalue weighted by Crippen LogP contribution is -2.14. The summed E-state index contributed by atoms with van der Waals surface area (Å²) in [5.74, 6) is 0.973.